The largest absolute Gasteiger partial charge is 0.371 e. The van der Waals surface area contributed by atoms with Gasteiger partial charge in [-0.05, 0) is 65.3 Å². The normalized spacial score (nSPS) is 23.8. The van der Waals surface area contributed by atoms with Crippen molar-refractivity contribution in [3.8, 4) is 0 Å². The maximum absolute atomic E-state index is 13.7. The van der Waals surface area contributed by atoms with Crippen LogP contribution in [0, 0.1) is 0 Å². The highest BCUT2D eigenvalue weighted by molar-refractivity contribution is 5.82. The topological polar surface area (TPSA) is 65.4 Å². The van der Waals surface area contributed by atoms with Crippen LogP contribution >= 0.6 is 0 Å². The molecule has 0 spiro atoms. The first-order valence-corrected chi connectivity index (χ1v) is 12.9. The summed E-state index contributed by atoms with van der Waals surface area (Å²) in [6.45, 7) is 13.4. The molecule has 3 heterocycles. The molecule has 182 valence electrons. The molecule has 0 radical (unpaired) electrons. The molecule has 1 aromatic carbocycles. The van der Waals surface area contributed by atoms with Crippen molar-refractivity contribution in [2.75, 3.05) is 38.1 Å². The molecule has 4 rings (SSSR count). The third-order valence-corrected chi connectivity index (χ3v) is 7.44. The van der Waals surface area contributed by atoms with E-state index in [1.54, 1.807) is 0 Å². The van der Waals surface area contributed by atoms with Crippen molar-refractivity contribution < 1.29 is 0 Å². The van der Waals surface area contributed by atoms with Crippen LogP contribution in [0.4, 0.5) is 5.69 Å². The minimum absolute atomic E-state index is 0.0989. The number of rotatable bonds is 7. The molecule has 2 fully saturated rings. The molecule has 0 aliphatic carbocycles. The Morgan fingerprint density at radius 3 is 2.45 bits per heavy atom. The summed E-state index contributed by atoms with van der Waals surface area (Å²) in [5.41, 5.74) is 2.06. The lowest BCUT2D eigenvalue weighted by molar-refractivity contribution is 0.109. The van der Waals surface area contributed by atoms with Gasteiger partial charge in [-0.25, -0.2) is 4.98 Å². The second-order valence-corrected chi connectivity index (χ2v) is 10.00. The molecule has 2 N–H and O–H groups in total. The molecule has 7 heteroatoms. The number of benzene rings is 1. The molecule has 2 saturated heterocycles. The van der Waals surface area contributed by atoms with Crippen LogP contribution in [-0.2, 0) is 6.54 Å². The van der Waals surface area contributed by atoms with Gasteiger partial charge < -0.3 is 15.5 Å². The molecule has 2 aliphatic rings. The molecule has 7 nitrogen and oxygen atoms in total. The smallest absolute Gasteiger partial charge is 0.261 e. The van der Waals surface area contributed by atoms with E-state index in [9.17, 15) is 4.79 Å². The van der Waals surface area contributed by atoms with Crippen LogP contribution in [0.1, 0.15) is 65.2 Å². The Balaban J connectivity index is 1.71. The van der Waals surface area contributed by atoms with E-state index >= 15 is 0 Å². The highest BCUT2D eigenvalue weighted by Gasteiger charge is 2.30. The minimum atomic E-state index is 0.0989. The number of hydrogen-bond donors (Lipinski definition) is 2. The van der Waals surface area contributed by atoms with E-state index in [0.717, 1.165) is 74.3 Å². The van der Waals surface area contributed by atoms with Crippen LogP contribution in [0.15, 0.2) is 23.0 Å². The quantitative estimate of drug-likeness (QED) is 0.670. The van der Waals surface area contributed by atoms with E-state index in [1.807, 2.05) is 11.6 Å². The molecule has 0 bridgehead atoms. The van der Waals surface area contributed by atoms with Gasteiger partial charge in [0, 0.05) is 56.5 Å². The molecule has 1 unspecified atom stereocenters. The van der Waals surface area contributed by atoms with Crippen molar-refractivity contribution >= 4 is 16.6 Å². The fraction of sp³-hybridized carbons (Fsp3) is 0.692. The van der Waals surface area contributed by atoms with Crippen molar-refractivity contribution in [1.82, 2.24) is 25.1 Å². The summed E-state index contributed by atoms with van der Waals surface area (Å²) in [7, 11) is 2.04. The standard InChI is InChI=1S/C26H42N6O/c1-6-8-24(31-16-18(3)28-19(4)17-31)25-29-23-10-9-21(15-22(23)26(33)32(25)7-2)30-13-11-20(27-5)12-14-30/h9-10,15,18-20,24,27-28H,6-8,11-14,16-17H2,1-5H3/t18-,19+,24?. The first-order valence-electron chi connectivity index (χ1n) is 12.9. The lowest BCUT2D eigenvalue weighted by Crippen LogP contribution is -2.55. The summed E-state index contributed by atoms with van der Waals surface area (Å²) in [6, 6.07) is 7.91. The van der Waals surface area contributed by atoms with Crippen LogP contribution in [0.2, 0.25) is 0 Å². The Bertz CT molecular complexity index is 986. The van der Waals surface area contributed by atoms with E-state index in [0.29, 0.717) is 24.7 Å². The molecule has 3 atom stereocenters. The second-order valence-electron chi connectivity index (χ2n) is 10.00. The summed E-state index contributed by atoms with van der Waals surface area (Å²) in [6.07, 6.45) is 4.34. The monoisotopic (exact) mass is 454 g/mol. The molecule has 0 saturated carbocycles. The van der Waals surface area contributed by atoms with Crippen LogP contribution in [0.3, 0.4) is 0 Å². The summed E-state index contributed by atoms with van der Waals surface area (Å²) in [5.74, 6) is 0.931. The van der Waals surface area contributed by atoms with E-state index in [1.165, 1.54) is 0 Å². The third kappa shape index (κ3) is 5.10. The number of hydrogen-bond acceptors (Lipinski definition) is 6. The van der Waals surface area contributed by atoms with Crippen molar-refractivity contribution in [2.45, 2.75) is 84.1 Å². The number of nitrogens with one attached hydrogen (secondary N) is 2. The maximum atomic E-state index is 13.7. The van der Waals surface area contributed by atoms with Gasteiger partial charge in [0.1, 0.15) is 5.82 Å². The molecular weight excluding hydrogens is 412 g/mol. The molecular formula is C26H42N6O. The average molecular weight is 455 g/mol. The number of piperidine rings is 1. The van der Waals surface area contributed by atoms with Crippen molar-refractivity contribution in [3.05, 3.63) is 34.4 Å². The number of nitrogens with zero attached hydrogens (tertiary/aromatic N) is 4. The van der Waals surface area contributed by atoms with Gasteiger partial charge in [-0.1, -0.05) is 13.3 Å². The molecule has 1 aromatic heterocycles. The summed E-state index contributed by atoms with van der Waals surface area (Å²) in [5, 5.41) is 7.76. The van der Waals surface area contributed by atoms with Gasteiger partial charge in [-0.2, -0.15) is 0 Å². The predicted octanol–water partition coefficient (Wildman–Crippen LogP) is 3.13. The lowest BCUT2D eigenvalue weighted by atomic mass is 10.0. The Hall–Kier alpha value is -1.96. The zero-order valence-corrected chi connectivity index (χ0v) is 21.1. The van der Waals surface area contributed by atoms with E-state index in [4.69, 9.17) is 4.98 Å². The predicted molar refractivity (Wildman–Crippen MR) is 137 cm³/mol. The van der Waals surface area contributed by atoms with Gasteiger partial charge in [0.05, 0.1) is 16.9 Å². The van der Waals surface area contributed by atoms with Crippen molar-refractivity contribution in [3.63, 3.8) is 0 Å². The molecule has 0 amide bonds. The first-order chi connectivity index (χ1) is 15.9. The molecule has 2 aliphatic heterocycles. The molecule has 2 aromatic rings. The number of fused-ring (bicyclic) bond motifs is 1. The Morgan fingerprint density at radius 1 is 1.15 bits per heavy atom. The Kier molecular flexibility index (Phi) is 7.72. The van der Waals surface area contributed by atoms with Crippen LogP contribution in [0.25, 0.3) is 10.9 Å². The average Bonchev–Trinajstić information content (AvgIpc) is 2.81. The lowest BCUT2D eigenvalue weighted by Gasteiger charge is -2.41. The fourth-order valence-electron chi connectivity index (χ4n) is 5.78. The van der Waals surface area contributed by atoms with Gasteiger partial charge in [-0.3, -0.25) is 14.3 Å². The number of anilines is 1. The zero-order chi connectivity index (χ0) is 23.5. The SMILES string of the molecule is CCCC(c1nc2ccc(N3CCC(NC)CC3)cc2c(=O)n1CC)N1C[C@@H](C)N[C@@H](C)C1. The van der Waals surface area contributed by atoms with E-state index in [2.05, 4.69) is 66.3 Å². The first kappa shape index (κ1) is 24.2. The van der Waals surface area contributed by atoms with Crippen molar-refractivity contribution in [1.29, 1.82) is 0 Å². The maximum Gasteiger partial charge on any atom is 0.261 e. The van der Waals surface area contributed by atoms with E-state index < -0.39 is 0 Å². The fourth-order valence-corrected chi connectivity index (χ4v) is 5.78. The summed E-state index contributed by atoms with van der Waals surface area (Å²) in [4.78, 5) is 23.8. The Labute approximate surface area is 198 Å². The number of piperazine rings is 1. The van der Waals surface area contributed by atoms with Gasteiger partial charge >= 0.3 is 0 Å². The highest BCUT2D eigenvalue weighted by Crippen LogP contribution is 2.29. The van der Waals surface area contributed by atoms with Crippen LogP contribution in [0.5, 0.6) is 0 Å². The van der Waals surface area contributed by atoms with E-state index in [-0.39, 0.29) is 11.6 Å². The van der Waals surface area contributed by atoms with Gasteiger partial charge in [0.2, 0.25) is 0 Å². The third-order valence-electron chi connectivity index (χ3n) is 7.44. The van der Waals surface area contributed by atoms with Crippen LogP contribution in [-0.4, -0.2) is 65.8 Å². The highest BCUT2D eigenvalue weighted by atomic mass is 16.1. The van der Waals surface area contributed by atoms with Gasteiger partial charge in [0.25, 0.3) is 5.56 Å². The minimum Gasteiger partial charge on any atom is -0.371 e. The second kappa shape index (κ2) is 10.5. The zero-order valence-electron chi connectivity index (χ0n) is 21.1. The molecule has 33 heavy (non-hydrogen) atoms. The summed E-state index contributed by atoms with van der Waals surface area (Å²) >= 11 is 0. The number of aromatic nitrogens is 2. The van der Waals surface area contributed by atoms with Gasteiger partial charge in [0.15, 0.2) is 0 Å². The van der Waals surface area contributed by atoms with Crippen LogP contribution < -0.4 is 21.1 Å². The van der Waals surface area contributed by atoms with Gasteiger partial charge in [-0.15, -0.1) is 0 Å². The summed E-state index contributed by atoms with van der Waals surface area (Å²) < 4.78 is 1.93. The Morgan fingerprint density at radius 2 is 1.85 bits per heavy atom. The van der Waals surface area contributed by atoms with Crippen molar-refractivity contribution in [2.24, 2.45) is 0 Å².